The number of nitrogens with one attached hydrogen (secondary N) is 2. The SMILES string of the molecule is O=C(O)c1cc(S(=O)(=O)NC[C@H]2CCCO2)ccc1NC[C@@H]1CCCO1. The van der Waals surface area contributed by atoms with Crippen molar-refractivity contribution in [1.29, 1.82) is 0 Å². The number of carbonyl (C=O) groups is 1. The Kier molecular flexibility index (Phi) is 6.13. The zero-order valence-electron chi connectivity index (χ0n) is 14.4. The Morgan fingerprint density at radius 1 is 1.12 bits per heavy atom. The first-order valence-electron chi connectivity index (χ1n) is 8.80. The Hall–Kier alpha value is -1.68. The molecule has 2 fully saturated rings. The van der Waals surface area contributed by atoms with Gasteiger partial charge >= 0.3 is 5.97 Å². The van der Waals surface area contributed by atoms with Crippen LogP contribution in [0, 0.1) is 0 Å². The Morgan fingerprint density at radius 3 is 2.35 bits per heavy atom. The van der Waals surface area contributed by atoms with Crippen LogP contribution in [0.25, 0.3) is 0 Å². The minimum Gasteiger partial charge on any atom is -0.478 e. The molecule has 2 aliphatic rings. The maximum Gasteiger partial charge on any atom is 0.337 e. The van der Waals surface area contributed by atoms with E-state index in [9.17, 15) is 18.3 Å². The molecule has 1 aromatic rings. The van der Waals surface area contributed by atoms with Gasteiger partial charge in [0.25, 0.3) is 0 Å². The average Bonchev–Trinajstić information content (AvgIpc) is 3.31. The maximum atomic E-state index is 12.4. The number of aromatic carboxylic acids is 1. The minimum atomic E-state index is -3.80. The van der Waals surface area contributed by atoms with Gasteiger partial charge in [0.15, 0.2) is 0 Å². The van der Waals surface area contributed by atoms with Crippen LogP contribution in [0.15, 0.2) is 23.1 Å². The molecule has 2 heterocycles. The van der Waals surface area contributed by atoms with Crippen molar-refractivity contribution in [3.63, 3.8) is 0 Å². The number of sulfonamides is 1. The van der Waals surface area contributed by atoms with E-state index in [4.69, 9.17) is 9.47 Å². The Morgan fingerprint density at radius 2 is 1.77 bits per heavy atom. The van der Waals surface area contributed by atoms with E-state index >= 15 is 0 Å². The summed E-state index contributed by atoms with van der Waals surface area (Å²) < 4.78 is 38.3. The lowest BCUT2D eigenvalue weighted by molar-refractivity contribution is 0.0697. The molecule has 144 valence electrons. The van der Waals surface area contributed by atoms with Crippen molar-refractivity contribution in [3.8, 4) is 0 Å². The third-order valence-corrected chi connectivity index (χ3v) is 6.02. The van der Waals surface area contributed by atoms with Gasteiger partial charge in [-0.2, -0.15) is 0 Å². The van der Waals surface area contributed by atoms with E-state index in [1.807, 2.05) is 0 Å². The summed E-state index contributed by atoms with van der Waals surface area (Å²) in [5.74, 6) is -1.18. The molecular formula is C17H24N2O6S. The van der Waals surface area contributed by atoms with Crippen LogP contribution in [0.4, 0.5) is 5.69 Å². The summed E-state index contributed by atoms with van der Waals surface area (Å²) in [7, 11) is -3.80. The van der Waals surface area contributed by atoms with Crippen LogP contribution >= 0.6 is 0 Å². The molecule has 3 N–H and O–H groups in total. The fraction of sp³-hybridized carbons (Fsp3) is 0.588. The first-order chi connectivity index (χ1) is 12.5. The zero-order valence-corrected chi connectivity index (χ0v) is 15.3. The molecule has 0 spiro atoms. The van der Waals surface area contributed by atoms with Gasteiger partial charge < -0.3 is 19.9 Å². The highest BCUT2D eigenvalue weighted by Gasteiger charge is 2.23. The Bertz CT molecular complexity index is 740. The second-order valence-corrected chi connectivity index (χ2v) is 8.28. The van der Waals surface area contributed by atoms with Crippen LogP contribution in [0.5, 0.6) is 0 Å². The predicted molar refractivity (Wildman–Crippen MR) is 95.0 cm³/mol. The molecule has 0 unspecified atom stereocenters. The van der Waals surface area contributed by atoms with Crippen molar-refractivity contribution in [2.24, 2.45) is 0 Å². The molecule has 0 radical (unpaired) electrons. The van der Waals surface area contributed by atoms with Gasteiger partial charge in [0.1, 0.15) is 0 Å². The van der Waals surface area contributed by atoms with Crippen LogP contribution in [0.2, 0.25) is 0 Å². The molecule has 0 saturated carbocycles. The molecule has 0 amide bonds. The molecule has 0 aliphatic carbocycles. The molecule has 2 saturated heterocycles. The monoisotopic (exact) mass is 384 g/mol. The first kappa shape index (κ1) is 19.1. The number of carboxylic acid groups (broad SMARTS) is 1. The molecule has 1 aromatic carbocycles. The summed E-state index contributed by atoms with van der Waals surface area (Å²) in [5.41, 5.74) is 0.300. The predicted octanol–water partition coefficient (Wildman–Crippen LogP) is 1.43. The number of rotatable bonds is 8. The Labute approximate surface area is 152 Å². The third kappa shape index (κ3) is 4.73. The normalized spacial score (nSPS) is 23.2. The van der Waals surface area contributed by atoms with Gasteiger partial charge in [0, 0.05) is 32.0 Å². The third-order valence-electron chi connectivity index (χ3n) is 4.60. The van der Waals surface area contributed by atoms with Gasteiger partial charge in [0.2, 0.25) is 10.0 Å². The van der Waals surface area contributed by atoms with Crippen LogP contribution in [0.1, 0.15) is 36.0 Å². The van der Waals surface area contributed by atoms with E-state index in [2.05, 4.69) is 10.0 Å². The molecule has 0 bridgehead atoms. The van der Waals surface area contributed by atoms with Crippen LogP contribution in [0.3, 0.4) is 0 Å². The molecule has 0 aromatic heterocycles. The van der Waals surface area contributed by atoms with E-state index in [1.165, 1.54) is 18.2 Å². The standard InChI is InChI=1S/C17H24N2O6S/c20-17(21)15-9-14(26(22,23)19-11-13-4-2-8-25-13)5-6-16(15)18-10-12-3-1-7-24-12/h5-6,9,12-13,18-19H,1-4,7-8,10-11H2,(H,20,21)/t12-,13+/m0/s1. The van der Waals surface area contributed by atoms with Gasteiger partial charge in [-0.05, 0) is 43.9 Å². The molecule has 2 atom stereocenters. The van der Waals surface area contributed by atoms with Gasteiger partial charge in [-0.1, -0.05) is 0 Å². The second-order valence-electron chi connectivity index (χ2n) is 6.52. The number of ether oxygens (including phenoxy) is 2. The summed E-state index contributed by atoms with van der Waals surface area (Å²) in [5, 5.41) is 12.5. The lowest BCUT2D eigenvalue weighted by Gasteiger charge is -2.15. The summed E-state index contributed by atoms with van der Waals surface area (Å²) in [4.78, 5) is 11.5. The van der Waals surface area contributed by atoms with E-state index in [1.54, 1.807) is 0 Å². The smallest absolute Gasteiger partial charge is 0.337 e. The number of carboxylic acids is 1. The fourth-order valence-corrected chi connectivity index (χ4v) is 4.23. The van der Waals surface area contributed by atoms with Crippen molar-refractivity contribution in [3.05, 3.63) is 23.8 Å². The zero-order chi connectivity index (χ0) is 18.6. The summed E-state index contributed by atoms with van der Waals surface area (Å²) in [6.07, 6.45) is 3.57. The number of anilines is 1. The van der Waals surface area contributed by atoms with Crippen molar-refractivity contribution in [2.75, 3.05) is 31.6 Å². The van der Waals surface area contributed by atoms with E-state index in [0.29, 0.717) is 25.4 Å². The number of hydrogen-bond acceptors (Lipinski definition) is 6. The fourth-order valence-electron chi connectivity index (χ4n) is 3.14. The largest absolute Gasteiger partial charge is 0.478 e. The molecule has 9 heteroatoms. The van der Waals surface area contributed by atoms with Crippen LogP contribution in [-0.2, 0) is 19.5 Å². The molecule has 26 heavy (non-hydrogen) atoms. The highest BCUT2D eigenvalue weighted by atomic mass is 32.2. The number of benzene rings is 1. The van der Waals surface area contributed by atoms with Gasteiger partial charge in [-0.3, -0.25) is 0 Å². The van der Waals surface area contributed by atoms with Gasteiger partial charge in [0.05, 0.1) is 22.7 Å². The lowest BCUT2D eigenvalue weighted by Crippen LogP contribution is -2.32. The molecule has 2 aliphatic heterocycles. The highest BCUT2D eigenvalue weighted by Crippen LogP contribution is 2.22. The first-order valence-corrected chi connectivity index (χ1v) is 10.3. The summed E-state index contributed by atoms with van der Waals surface area (Å²) in [6, 6.07) is 4.07. The van der Waals surface area contributed by atoms with Crippen molar-refractivity contribution >= 4 is 21.7 Å². The summed E-state index contributed by atoms with van der Waals surface area (Å²) >= 11 is 0. The minimum absolute atomic E-state index is 0.0492. The maximum absolute atomic E-state index is 12.4. The van der Waals surface area contributed by atoms with E-state index in [-0.39, 0.29) is 29.2 Å². The topological polar surface area (TPSA) is 114 Å². The average molecular weight is 384 g/mol. The summed E-state index contributed by atoms with van der Waals surface area (Å²) in [6.45, 7) is 2.03. The van der Waals surface area contributed by atoms with Crippen molar-refractivity contribution in [1.82, 2.24) is 4.72 Å². The van der Waals surface area contributed by atoms with E-state index in [0.717, 1.165) is 25.7 Å². The van der Waals surface area contributed by atoms with Crippen molar-refractivity contribution < 1.29 is 27.8 Å². The lowest BCUT2D eigenvalue weighted by atomic mass is 10.1. The number of hydrogen-bond donors (Lipinski definition) is 3. The molecular weight excluding hydrogens is 360 g/mol. The van der Waals surface area contributed by atoms with Gasteiger partial charge in [-0.15, -0.1) is 0 Å². The van der Waals surface area contributed by atoms with Crippen LogP contribution in [-0.4, -0.2) is 58.0 Å². The van der Waals surface area contributed by atoms with Crippen LogP contribution < -0.4 is 10.0 Å². The van der Waals surface area contributed by atoms with Gasteiger partial charge in [-0.25, -0.2) is 17.9 Å². The quantitative estimate of drug-likeness (QED) is 0.621. The highest BCUT2D eigenvalue weighted by molar-refractivity contribution is 7.89. The van der Waals surface area contributed by atoms with E-state index < -0.39 is 16.0 Å². The van der Waals surface area contributed by atoms with Crippen molar-refractivity contribution in [2.45, 2.75) is 42.8 Å². The molecule has 3 rings (SSSR count). The molecule has 8 nitrogen and oxygen atoms in total. The Balaban J connectivity index is 1.70. The second kappa shape index (κ2) is 8.34.